The summed E-state index contributed by atoms with van der Waals surface area (Å²) < 4.78 is 33.9. The first kappa shape index (κ1) is 20.8. The van der Waals surface area contributed by atoms with Gasteiger partial charge in [0.05, 0.1) is 15.2 Å². The highest BCUT2D eigenvalue weighted by atomic mass is 35.5. The molecule has 0 spiro atoms. The molecule has 10 heteroatoms. The van der Waals surface area contributed by atoms with Crippen LogP contribution in [0.5, 0.6) is 11.5 Å². The molecule has 0 aliphatic carbocycles. The van der Waals surface area contributed by atoms with Crippen LogP contribution in [-0.4, -0.2) is 10.9 Å². The molecule has 1 amide bonds. The van der Waals surface area contributed by atoms with Gasteiger partial charge in [-0.3, -0.25) is 10.1 Å². The van der Waals surface area contributed by atoms with Crippen molar-refractivity contribution in [3.8, 4) is 11.5 Å². The highest BCUT2D eigenvalue weighted by Crippen LogP contribution is 2.44. The van der Waals surface area contributed by atoms with E-state index in [1.54, 1.807) is 24.3 Å². The number of fused-ring (bicyclic) bond motifs is 1. The third kappa shape index (κ3) is 4.06. The predicted octanol–water partition coefficient (Wildman–Crippen LogP) is 7.58. The van der Waals surface area contributed by atoms with Gasteiger partial charge >= 0.3 is 0 Å². The molecule has 3 aromatic carbocycles. The molecule has 0 radical (unpaired) electrons. The number of nitrogens with one attached hydrogen (secondary N) is 1. The van der Waals surface area contributed by atoms with Crippen LogP contribution >= 0.6 is 46.1 Å². The number of benzene rings is 3. The van der Waals surface area contributed by atoms with E-state index in [2.05, 4.69) is 10.3 Å². The summed E-state index contributed by atoms with van der Waals surface area (Å²) in [6, 6.07) is 11.3. The average Bonchev–Trinajstić information content (AvgIpc) is 3.08. The molecule has 0 atom stereocenters. The van der Waals surface area contributed by atoms with Gasteiger partial charge in [-0.15, -0.1) is 0 Å². The Kier molecular flexibility index (Phi) is 5.79. The van der Waals surface area contributed by atoms with Crippen LogP contribution in [0.3, 0.4) is 0 Å². The number of halogens is 5. The van der Waals surface area contributed by atoms with Gasteiger partial charge in [0.15, 0.2) is 10.9 Å². The van der Waals surface area contributed by atoms with Crippen LogP contribution in [0.15, 0.2) is 48.5 Å². The van der Waals surface area contributed by atoms with Gasteiger partial charge in [0.25, 0.3) is 5.91 Å². The van der Waals surface area contributed by atoms with Crippen LogP contribution in [0.1, 0.15) is 10.4 Å². The van der Waals surface area contributed by atoms with Gasteiger partial charge in [-0.25, -0.2) is 13.8 Å². The van der Waals surface area contributed by atoms with Gasteiger partial charge in [0, 0.05) is 5.02 Å². The number of hydrogen-bond donors (Lipinski definition) is 1. The van der Waals surface area contributed by atoms with Crippen molar-refractivity contribution in [1.29, 1.82) is 0 Å². The summed E-state index contributed by atoms with van der Waals surface area (Å²) in [7, 11) is 0. The number of nitrogens with zero attached hydrogens (tertiary/aromatic N) is 1. The summed E-state index contributed by atoms with van der Waals surface area (Å²) >= 11 is 19.6. The van der Waals surface area contributed by atoms with Crippen LogP contribution in [0, 0.1) is 11.6 Å². The molecule has 0 aliphatic heterocycles. The largest absolute Gasteiger partial charge is 0.454 e. The number of amides is 1. The maximum Gasteiger partial charge on any atom is 0.263 e. The average molecular weight is 486 g/mol. The highest BCUT2D eigenvalue weighted by Gasteiger charge is 2.21. The maximum atomic E-state index is 13.8. The Morgan fingerprint density at radius 3 is 2.37 bits per heavy atom. The van der Waals surface area contributed by atoms with E-state index in [1.165, 1.54) is 12.1 Å². The molecule has 0 aliphatic rings. The minimum absolute atomic E-state index is 0.0965. The van der Waals surface area contributed by atoms with Crippen molar-refractivity contribution < 1.29 is 18.3 Å². The topological polar surface area (TPSA) is 51.2 Å². The molecular weight excluding hydrogens is 477 g/mol. The van der Waals surface area contributed by atoms with E-state index < -0.39 is 23.1 Å². The third-order valence-electron chi connectivity index (χ3n) is 3.98. The zero-order valence-corrected chi connectivity index (χ0v) is 17.8. The fraction of sp³-hybridized carbons (Fsp3) is 0. The molecule has 30 heavy (non-hydrogen) atoms. The lowest BCUT2D eigenvalue weighted by Crippen LogP contribution is -2.15. The number of hydrogen-bond acceptors (Lipinski definition) is 4. The number of aromatic nitrogens is 1. The SMILES string of the molecule is O=C(Nc1nc2cc(Cl)c(Oc3ccc(Cl)cc3)c(Cl)c2s1)c1c(F)cccc1F. The Morgan fingerprint density at radius 2 is 1.70 bits per heavy atom. The number of carbonyl (C=O) groups is 1. The molecular formula is C20H9Cl3F2N2O2S. The first-order chi connectivity index (χ1) is 14.3. The van der Waals surface area contributed by atoms with E-state index in [-0.39, 0.29) is 20.9 Å². The third-order valence-corrected chi connectivity index (χ3v) is 5.99. The van der Waals surface area contributed by atoms with Crippen molar-refractivity contribution in [1.82, 2.24) is 4.98 Å². The second-order valence-corrected chi connectivity index (χ2v) is 8.20. The number of rotatable bonds is 4. The fourth-order valence-corrected chi connectivity index (χ4v) is 4.26. The van der Waals surface area contributed by atoms with Gasteiger partial charge < -0.3 is 4.74 Å². The number of anilines is 1. The summed E-state index contributed by atoms with van der Waals surface area (Å²) in [4.78, 5) is 16.5. The monoisotopic (exact) mass is 484 g/mol. The molecule has 0 saturated carbocycles. The Morgan fingerprint density at radius 1 is 1.03 bits per heavy atom. The van der Waals surface area contributed by atoms with Gasteiger partial charge in [0.1, 0.15) is 28.0 Å². The van der Waals surface area contributed by atoms with Gasteiger partial charge in [-0.2, -0.15) is 0 Å². The summed E-state index contributed by atoms with van der Waals surface area (Å²) in [5, 5.41) is 3.41. The van der Waals surface area contributed by atoms with Gasteiger partial charge in [-0.1, -0.05) is 52.2 Å². The Hall–Kier alpha value is -2.45. The lowest BCUT2D eigenvalue weighted by molar-refractivity contribution is 0.101. The molecule has 4 nitrogen and oxygen atoms in total. The maximum absolute atomic E-state index is 13.8. The van der Waals surface area contributed by atoms with E-state index in [0.29, 0.717) is 21.0 Å². The molecule has 1 aromatic heterocycles. The van der Waals surface area contributed by atoms with E-state index in [4.69, 9.17) is 39.5 Å². The van der Waals surface area contributed by atoms with Crippen LogP contribution in [0.25, 0.3) is 10.2 Å². The van der Waals surface area contributed by atoms with E-state index in [1.807, 2.05) is 0 Å². The van der Waals surface area contributed by atoms with Crippen LogP contribution in [0.2, 0.25) is 15.1 Å². The zero-order chi connectivity index (χ0) is 21.4. The molecule has 1 heterocycles. The highest BCUT2D eigenvalue weighted by molar-refractivity contribution is 7.23. The van der Waals surface area contributed by atoms with Crippen molar-refractivity contribution >= 4 is 67.4 Å². The minimum Gasteiger partial charge on any atom is -0.454 e. The van der Waals surface area contributed by atoms with Crippen molar-refractivity contribution in [2.75, 3.05) is 5.32 Å². The number of carbonyl (C=O) groups excluding carboxylic acids is 1. The first-order valence-electron chi connectivity index (χ1n) is 8.31. The summed E-state index contributed by atoms with van der Waals surface area (Å²) in [5.74, 6) is -2.25. The molecule has 152 valence electrons. The second kappa shape index (κ2) is 8.35. The lowest BCUT2D eigenvalue weighted by Gasteiger charge is -2.09. The molecule has 0 bridgehead atoms. The van der Waals surface area contributed by atoms with Gasteiger partial charge in [0.2, 0.25) is 0 Å². The Balaban J connectivity index is 1.66. The predicted molar refractivity (Wildman–Crippen MR) is 115 cm³/mol. The van der Waals surface area contributed by atoms with Gasteiger partial charge in [-0.05, 0) is 42.5 Å². The molecule has 4 rings (SSSR count). The van der Waals surface area contributed by atoms with Crippen molar-refractivity contribution in [2.45, 2.75) is 0 Å². The van der Waals surface area contributed by atoms with Crippen molar-refractivity contribution in [2.24, 2.45) is 0 Å². The Bertz CT molecular complexity index is 1260. The molecule has 0 fully saturated rings. The summed E-state index contributed by atoms with van der Waals surface area (Å²) in [5.41, 5.74) is -0.310. The smallest absolute Gasteiger partial charge is 0.263 e. The van der Waals surface area contributed by atoms with Crippen molar-refractivity contribution in [3.05, 3.63) is 80.8 Å². The first-order valence-corrected chi connectivity index (χ1v) is 10.3. The van der Waals surface area contributed by atoms with E-state index in [9.17, 15) is 13.6 Å². The summed E-state index contributed by atoms with van der Waals surface area (Å²) in [6.45, 7) is 0. The number of thiazole rings is 1. The zero-order valence-electron chi connectivity index (χ0n) is 14.7. The standard InChI is InChI=1S/C20H9Cl3F2N2O2S/c21-9-4-6-10(7-5-9)29-17-11(22)8-14-18(16(17)23)30-20(26-14)27-19(28)15-12(24)2-1-3-13(15)25/h1-8H,(H,26,27,28). The lowest BCUT2D eigenvalue weighted by atomic mass is 10.2. The molecule has 1 N–H and O–H groups in total. The van der Waals surface area contributed by atoms with E-state index in [0.717, 1.165) is 23.5 Å². The van der Waals surface area contributed by atoms with Crippen LogP contribution in [0.4, 0.5) is 13.9 Å². The normalized spacial score (nSPS) is 11.0. The van der Waals surface area contributed by atoms with Crippen LogP contribution < -0.4 is 10.1 Å². The van der Waals surface area contributed by atoms with Crippen LogP contribution in [-0.2, 0) is 0 Å². The molecule has 4 aromatic rings. The molecule has 0 unspecified atom stereocenters. The second-order valence-electron chi connectivity index (χ2n) is 5.98. The fourth-order valence-electron chi connectivity index (χ4n) is 2.62. The molecule has 0 saturated heterocycles. The Labute approximate surface area is 188 Å². The quantitative estimate of drug-likeness (QED) is 0.324. The van der Waals surface area contributed by atoms with Crippen molar-refractivity contribution in [3.63, 3.8) is 0 Å². The number of ether oxygens (including phenoxy) is 1. The van der Waals surface area contributed by atoms with E-state index >= 15 is 0 Å². The minimum atomic E-state index is -0.978. The summed E-state index contributed by atoms with van der Waals surface area (Å²) in [6.07, 6.45) is 0.